The molecule has 0 aromatic heterocycles. The molecule has 0 aliphatic rings. The quantitative estimate of drug-likeness (QED) is 0.714. The molecule has 18 heavy (non-hydrogen) atoms. The first kappa shape index (κ1) is 12.7. The van der Waals surface area contributed by atoms with E-state index in [9.17, 15) is 4.39 Å². The van der Waals surface area contributed by atoms with Crippen LogP contribution in [-0.4, -0.2) is 5.88 Å². The van der Waals surface area contributed by atoms with E-state index in [0.29, 0.717) is 17.4 Å². The molecule has 0 saturated carbocycles. The maximum absolute atomic E-state index is 13.2. The number of benzene rings is 2. The van der Waals surface area contributed by atoms with Gasteiger partial charge in [-0.25, -0.2) is 4.39 Å². The zero-order valence-corrected chi connectivity index (χ0v) is 10.4. The highest BCUT2D eigenvalue weighted by molar-refractivity contribution is 6.19. The SMILES string of the molecule is Fc1ccc(C=CCCl)c(Oc2ccccc2)c1. The number of hydrogen-bond acceptors (Lipinski definition) is 1. The molecule has 2 aromatic carbocycles. The van der Waals surface area contributed by atoms with Crippen LogP contribution in [0.2, 0.25) is 0 Å². The van der Waals surface area contributed by atoms with Gasteiger partial charge in [0.05, 0.1) is 0 Å². The van der Waals surface area contributed by atoms with Crippen molar-refractivity contribution in [3.63, 3.8) is 0 Å². The van der Waals surface area contributed by atoms with Crippen molar-refractivity contribution in [2.45, 2.75) is 0 Å². The van der Waals surface area contributed by atoms with Crippen LogP contribution in [0.25, 0.3) is 6.08 Å². The summed E-state index contributed by atoms with van der Waals surface area (Å²) in [6.07, 6.45) is 3.59. The maximum Gasteiger partial charge on any atom is 0.137 e. The summed E-state index contributed by atoms with van der Waals surface area (Å²) >= 11 is 5.59. The fraction of sp³-hybridized carbons (Fsp3) is 0.0667. The van der Waals surface area contributed by atoms with Crippen molar-refractivity contribution in [1.29, 1.82) is 0 Å². The standard InChI is InChI=1S/C15H12ClFO/c16-10-4-5-12-8-9-13(17)11-15(12)18-14-6-2-1-3-7-14/h1-9,11H,10H2. The van der Waals surface area contributed by atoms with Crippen molar-refractivity contribution >= 4 is 17.7 Å². The second kappa shape index (κ2) is 6.22. The summed E-state index contributed by atoms with van der Waals surface area (Å²) in [6.45, 7) is 0. The van der Waals surface area contributed by atoms with Gasteiger partial charge >= 0.3 is 0 Å². The molecule has 3 heteroatoms. The molecular weight excluding hydrogens is 251 g/mol. The number of halogens is 2. The molecule has 1 nitrogen and oxygen atoms in total. The average molecular weight is 263 g/mol. The van der Waals surface area contributed by atoms with E-state index in [2.05, 4.69) is 0 Å². The van der Waals surface area contributed by atoms with Gasteiger partial charge in [-0.3, -0.25) is 0 Å². The van der Waals surface area contributed by atoms with Gasteiger partial charge in [0, 0.05) is 17.5 Å². The predicted octanol–water partition coefficient (Wildman–Crippen LogP) is 4.87. The van der Waals surface area contributed by atoms with Crippen LogP contribution in [0.3, 0.4) is 0 Å². The summed E-state index contributed by atoms with van der Waals surface area (Å²) < 4.78 is 18.9. The minimum atomic E-state index is -0.330. The van der Waals surface area contributed by atoms with Crippen LogP contribution in [0.1, 0.15) is 5.56 Å². The summed E-state index contributed by atoms with van der Waals surface area (Å²) in [5.74, 6) is 1.22. The Bertz CT molecular complexity index is 537. The molecule has 2 rings (SSSR count). The zero-order chi connectivity index (χ0) is 12.8. The van der Waals surface area contributed by atoms with Crippen molar-refractivity contribution in [1.82, 2.24) is 0 Å². The van der Waals surface area contributed by atoms with Gasteiger partial charge in [0.25, 0.3) is 0 Å². The van der Waals surface area contributed by atoms with Gasteiger partial charge < -0.3 is 4.74 Å². The highest BCUT2D eigenvalue weighted by atomic mass is 35.5. The number of para-hydroxylation sites is 1. The number of allylic oxidation sites excluding steroid dienone is 1. The number of hydrogen-bond donors (Lipinski definition) is 0. The van der Waals surface area contributed by atoms with E-state index in [1.54, 1.807) is 12.1 Å². The Kier molecular flexibility index (Phi) is 4.37. The van der Waals surface area contributed by atoms with Crippen LogP contribution < -0.4 is 4.74 Å². The largest absolute Gasteiger partial charge is 0.457 e. The first-order valence-electron chi connectivity index (χ1n) is 5.54. The average Bonchev–Trinajstić information content (AvgIpc) is 2.39. The van der Waals surface area contributed by atoms with Gasteiger partial charge in [-0.2, -0.15) is 0 Å². The van der Waals surface area contributed by atoms with Crippen LogP contribution in [0.4, 0.5) is 4.39 Å². The fourth-order valence-corrected chi connectivity index (χ4v) is 1.61. The molecule has 0 N–H and O–H groups in total. The predicted molar refractivity (Wildman–Crippen MR) is 72.7 cm³/mol. The van der Waals surface area contributed by atoms with Crippen molar-refractivity contribution < 1.29 is 9.13 Å². The molecule has 0 atom stereocenters. The lowest BCUT2D eigenvalue weighted by molar-refractivity contribution is 0.475. The van der Waals surface area contributed by atoms with E-state index in [-0.39, 0.29) is 5.82 Å². The summed E-state index contributed by atoms with van der Waals surface area (Å²) in [6, 6.07) is 13.7. The van der Waals surface area contributed by atoms with Crippen LogP contribution in [0, 0.1) is 5.82 Å². The lowest BCUT2D eigenvalue weighted by Crippen LogP contribution is -1.88. The molecule has 0 spiro atoms. The molecule has 0 heterocycles. The van der Waals surface area contributed by atoms with Crippen molar-refractivity contribution in [3.8, 4) is 11.5 Å². The normalized spacial score (nSPS) is 10.8. The topological polar surface area (TPSA) is 9.23 Å². The monoisotopic (exact) mass is 262 g/mol. The Labute approximate surface area is 110 Å². The van der Waals surface area contributed by atoms with E-state index < -0.39 is 0 Å². The smallest absolute Gasteiger partial charge is 0.137 e. The highest BCUT2D eigenvalue weighted by Crippen LogP contribution is 2.27. The number of alkyl halides is 1. The summed E-state index contributed by atoms with van der Waals surface area (Å²) in [7, 11) is 0. The molecular formula is C15H12ClFO. The van der Waals surface area contributed by atoms with Crippen LogP contribution >= 0.6 is 11.6 Å². The van der Waals surface area contributed by atoms with Crippen molar-refractivity contribution in [2.75, 3.05) is 5.88 Å². The Morgan fingerprint density at radius 1 is 1.11 bits per heavy atom. The molecule has 2 aromatic rings. The Hall–Kier alpha value is -1.80. The first-order chi connectivity index (χ1) is 8.79. The van der Waals surface area contributed by atoms with Crippen LogP contribution in [0.5, 0.6) is 11.5 Å². The molecule has 0 amide bonds. The van der Waals surface area contributed by atoms with Gasteiger partial charge in [0.1, 0.15) is 17.3 Å². The van der Waals surface area contributed by atoms with Gasteiger partial charge in [-0.1, -0.05) is 30.4 Å². The zero-order valence-electron chi connectivity index (χ0n) is 9.64. The van der Waals surface area contributed by atoms with Crippen LogP contribution in [-0.2, 0) is 0 Å². The maximum atomic E-state index is 13.2. The van der Waals surface area contributed by atoms with Gasteiger partial charge in [-0.05, 0) is 24.3 Å². The van der Waals surface area contributed by atoms with Gasteiger partial charge in [0.2, 0.25) is 0 Å². The Morgan fingerprint density at radius 2 is 1.89 bits per heavy atom. The number of ether oxygens (including phenoxy) is 1. The van der Waals surface area contributed by atoms with Gasteiger partial charge in [0.15, 0.2) is 0 Å². The van der Waals surface area contributed by atoms with E-state index in [1.807, 2.05) is 36.4 Å². The van der Waals surface area contributed by atoms with Gasteiger partial charge in [-0.15, -0.1) is 11.6 Å². The summed E-state index contributed by atoms with van der Waals surface area (Å²) in [5, 5.41) is 0. The minimum Gasteiger partial charge on any atom is -0.457 e. The second-order valence-electron chi connectivity index (χ2n) is 3.65. The van der Waals surface area contributed by atoms with Crippen LogP contribution in [0.15, 0.2) is 54.6 Å². The first-order valence-corrected chi connectivity index (χ1v) is 6.08. The van der Waals surface area contributed by atoms with E-state index >= 15 is 0 Å². The minimum absolute atomic E-state index is 0.330. The lowest BCUT2D eigenvalue weighted by atomic mass is 10.2. The number of rotatable bonds is 4. The fourth-order valence-electron chi connectivity index (χ4n) is 1.52. The molecule has 92 valence electrons. The molecule has 0 bridgehead atoms. The third-order valence-electron chi connectivity index (χ3n) is 2.33. The lowest BCUT2D eigenvalue weighted by Gasteiger charge is -2.08. The van der Waals surface area contributed by atoms with E-state index in [0.717, 1.165) is 5.56 Å². The van der Waals surface area contributed by atoms with E-state index in [4.69, 9.17) is 16.3 Å². The molecule has 0 aliphatic carbocycles. The molecule has 0 saturated heterocycles. The van der Waals surface area contributed by atoms with Crippen molar-refractivity contribution in [3.05, 3.63) is 66.0 Å². The molecule has 0 radical (unpaired) electrons. The van der Waals surface area contributed by atoms with Crippen molar-refractivity contribution in [2.24, 2.45) is 0 Å². The molecule has 0 fully saturated rings. The third-order valence-corrected chi connectivity index (χ3v) is 2.51. The third kappa shape index (κ3) is 3.34. The summed E-state index contributed by atoms with van der Waals surface area (Å²) in [4.78, 5) is 0. The Morgan fingerprint density at radius 3 is 2.61 bits per heavy atom. The Balaban J connectivity index is 2.30. The van der Waals surface area contributed by atoms with E-state index in [1.165, 1.54) is 12.1 Å². The molecule has 0 unspecified atom stereocenters. The highest BCUT2D eigenvalue weighted by Gasteiger charge is 2.04. The summed E-state index contributed by atoms with van der Waals surface area (Å²) in [5.41, 5.74) is 0.793. The molecule has 0 aliphatic heterocycles. The second-order valence-corrected chi connectivity index (χ2v) is 3.96.